The van der Waals surface area contributed by atoms with Gasteiger partial charge in [-0.15, -0.1) is 0 Å². The number of amides is 3. The lowest BCUT2D eigenvalue weighted by Gasteiger charge is -2.21. The molecule has 1 aliphatic rings. The summed E-state index contributed by atoms with van der Waals surface area (Å²) in [7, 11) is 0. The van der Waals surface area contributed by atoms with Crippen molar-refractivity contribution in [2.75, 3.05) is 5.73 Å². The Balaban J connectivity index is 1.93. The molecule has 19 heavy (non-hydrogen) atoms. The van der Waals surface area contributed by atoms with Gasteiger partial charge in [-0.3, -0.25) is 19.7 Å². The monoisotopic (exact) mass is 261 g/mol. The Bertz CT molecular complexity index is 528. The minimum atomic E-state index is -0.643. The van der Waals surface area contributed by atoms with Gasteiger partial charge in [0, 0.05) is 12.1 Å². The molecule has 1 atom stereocenters. The van der Waals surface area contributed by atoms with Crippen molar-refractivity contribution in [1.29, 1.82) is 0 Å². The van der Waals surface area contributed by atoms with Crippen molar-refractivity contribution in [2.24, 2.45) is 0 Å². The highest BCUT2D eigenvalue weighted by Gasteiger charge is 2.27. The number of rotatable bonds is 3. The summed E-state index contributed by atoms with van der Waals surface area (Å²) in [5, 5.41) is 4.80. The second-order valence-electron chi connectivity index (χ2n) is 4.45. The predicted molar refractivity (Wildman–Crippen MR) is 68.9 cm³/mol. The van der Waals surface area contributed by atoms with E-state index in [1.54, 1.807) is 24.3 Å². The van der Waals surface area contributed by atoms with Gasteiger partial charge < -0.3 is 11.1 Å². The van der Waals surface area contributed by atoms with Crippen LogP contribution in [0.5, 0.6) is 0 Å². The summed E-state index contributed by atoms with van der Waals surface area (Å²) in [6.07, 6.45) is 0.690. The molecule has 1 saturated heterocycles. The molecule has 3 amide bonds. The fraction of sp³-hybridized carbons (Fsp3) is 0.308. The Morgan fingerprint density at radius 1 is 1.37 bits per heavy atom. The van der Waals surface area contributed by atoms with E-state index < -0.39 is 11.9 Å². The number of nitrogens with one attached hydrogen (secondary N) is 2. The minimum absolute atomic E-state index is 0.115. The molecule has 1 unspecified atom stereocenters. The van der Waals surface area contributed by atoms with Crippen LogP contribution in [0.25, 0.3) is 0 Å². The van der Waals surface area contributed by atoms with Crippen LogP contribution in [-0.4, -0.2) is 23.8 Å². The molecule has 0 aliphatic carbocycles. The SMILES string of the molecule is Nc1ccccc1CC(=O)NC1CCC(=O)NC1=O. The molecule has 4 N–H and O–H groups in total. The first-order chi connectivity index (χ1) is 9.06. The summed E-state index contributed by atoms with van der Waals surface area (Å²) in [6, 6.07) is 6.42. The quantitative estimate of drug-likeness (QED) is 0.515. The van der Waals surface area contributed by atoms with Crippen LogP contribution in [0.3, 0.4) is 0 Å². The normalized spacial score (nSPS) is 18.8. The third-order valence-corrected chi connectivity index (χ3v) is 2.98. The van der Waals surface area contributed by atoms with E-state index in [1.807, 2.05) is 0 Å². The van der Waals surface area contributed by atoms with Crippen LogP contribution >= 0.6 is 0 Å². The van der Waals surface area contributed by atoms with Crippen molar-refractivity contribution in [2.45, 2.75) is 25.3 Å². The first kappa shape index (κ1) is 13.1. The van der Waals surface area contributed by atoms with Gasteiger partial charge >= 0.3 is 0 Å². The topological polar surface area (TPSA) is 101 Å². The molecule has 100 valence electrons. The Morgan fingerprint density at radius 3 is 2.79 bits per heavy atom. The van der Waals surface area contributed by atoms with Crippen LogP contribution in [0.15, 0.2) is 24.3 Å². The van der Waals surface area contributed by atoms with Gasteiger partial charge in [0.15, 0.2) is 0 Å². The molecule has 6 heteroatoms. The van der Waals surface area contributed by atoms with E-state index in [0.29, 0.717) is 17.7 Å². The summed E-state index contributed by atoms with van der Waals surface area (Å²) in [6.45, 7) is 0. The van der Waals surface area contributed by atoms with Crippen LogP contribution in [0, 0.1) is 0 Å². The number of benzene rings is 1. The Hall–Kier alpha value is -2.37. The highest BCUT2D eigenvalue weighted by Crippen LogP contribution is 2.11. The largest absolute Gasteiger partial charge is 0.398 e. The van der Waals surface area contributed by atoms with Crippen molar-refractivity contribution in [3.05, 3.63) is 29.8 Å². The lowest BCUT2D eigenvalue weighted by Crippen LogP contribution is -2.52. The van der Waals surface area contributed by atoms with Crippen LogP contribution in [-0.2, 0) is 20.8 Å². The van der Waals surface area contributed by atoms with Crippen molar-refractivity contribution in [3.63, 3.8) is 0 Å². The Kier molecular flexibility index (Phi) is 3.79. The number of carbonyl (C=O) groups excluding carboxylic acids is 3. The second-order valence-corrected chi connectivity index (χ2v) is 4.45. The Labute approximate surface area is 110 Å². The Morgan fingerprint density at radius 2 is 2.11 bits per heavy atom. The first-order valence-corrected chi connectivity index (χ1v) is 6.02. The lowest BCUT2D eigenvalue weighted by molar-refractivity contribution is -0.137. The molecule has 1 aliphatic heterocycles. The van der Waals surface area contributed by atoms with E-state index in [9.17, 15) is 14.4 Å². The molecule has 0 saturated carbocycles. The summed E-state index contributed by atoms with van der Waals surface area (Å²) in [5.41, 5.74) is 7.00. The van der Waals surface area contributed by atoms with Gasteiger partial charge in [-0.05, 0) is 18.1 Å². The van der Waals surface area contributed by atoms with E-state index in [1.165, 1.54) is 0 Å². The number of nitrogens with two attached hydrogens (primary N) is 1. The smallest absolute Gasteiger partial charge is 0.249 e. The number of hydrogen-bond donors (Lipinski definition) is 3. The van der Waals surface area contributed by atoms with E-state index in [-0.39, 0.29) is 24.7 Å². The van der Waals surface area contributed by atoms with Crippen molar-refractivity contribution in [3.8, 4) is 0 Å². The minimum Gasteiger partial charge on any atom is -0.398 e. The molecule has 6 nitrogen and oxygen atoms in total. The van der Waals surface area contributed by atoms with Gasteiger partial charge in [0.2, 0.25) is 17.7 Å². The number of anilines is 1. The molecular weight excluding hydrogens is 246 g/mol. The van der Waals surface area contributed by atoms with Crippen LogP contribution in [0.2, 0.25) is 0 Å². The van der Waals surface area contributed by atoms with Gasteiger partial charge in [0.1, 0.15) is 6.04 Å². The van der Waals surface area contributed by atoms with Gasteiger partial charge in [0.25, 0.3) is 0 Å². The van der Waals surface area contributed by atoms with E-state index in [4.69, 9.17) is 5.73 Å². The molecular formula is C13H15N3O3. The maximum Gasteiger partial charge on any atom is 0.249 e. The average molecular weight is 261 g/mol. The summed E-state index contributed by atoms with van der Waals surface area (Å²) >= 11 is 0. The highest BCUT2D eigenvalue weighted by atomic mass is 16.2. The summed E-state index contributed by atoms with van der Waals surface area (Å²) in [5.74, 6) is -1.04. The van der Waals surface area contributed by atoms with E-state index in [2.05, 4.69) is 10.6 Å². The van der Waals surface area contributed by atoms with E-state index >= 15 is 0 Å². The highest BCUT2D eigenvalue weighted by molar-refractivity contribution is 6.01. The van der Waals surface area contributed by atoms with Gasteiger partial charge in [-0.2, -0.15) is 0 Å². The standard InChI is InChI=1S/C13H15N3O3/c14-9-4-2-1-3-8(9)7-12(18)15-10-5-6-11(17)16-13(10)19/h1-4,10H,5-7,14H2,(H,15,18)(H,16,17,19). The molecule has 0 radical (unpaired) electrons. The zero-order chi connectivity index (χ0) is 13.8. The third kappa shape index (κ3) is 3.31. The fourth-order valence-electron chi connectivity index (χ4n) is 1.94. The summed E-state index contributed by atoms with van der Waals surface area (Å²) in [4.78, 5) is 34.3. The average Bonchev–Trinajstić information content (AvgIpc) is 2.36. The third-order valence-electron chi connectivity index (χ3n) is 2.98. The molecule has 2 rings (SSSR count). The van der Waals surface area contributed by atoms with Crippen LogP contribution in [0.1, 0.15) is 18.4 Å². The number of piperidine rings is 1. The fourth-order valence-corrected chi connectivity index (χ4v) is 1.94. The zero-order valence-electron chi connectivity index (χ0n) is 10.3. The molecule has 0 bridgehead atoms. The van der Waals surface area contributed by atoms with Gasteiger partial charge in [-0.25, -0.2) is 0 Å². The zero-order valence-corrected chi connectivity index (χ0v) is 10.3. The van der Waals surface area contributed by atoms with Gasteiger partial charge in [-0.1, -0.05) is 18.2 Å². The molecule has 1 aromatic rings. The summed E-state index contributed by atoms with van der Waals surface area (Å²) < 4.78 is 0. The maximum atomic E-state index is 11.8. The second kappa shape index (κ2) is 5.51. The predicted octanol–water partition coefficient (Wildman–Crippen LogP) is -0.267. The lowest BCUT2D eigenvalue weighted by atomic mass is 10.0. The van der Waals surface area contributed by atoms with Crippen LogP contribution < -0.4 is 16.4 Å². The molecule has 0 aromatic heterocycles. The van der Waals surface area contributed by atoms with E-state index in [0.717, 1.165) is 0 Å². The number of imide groups is 1. The number of para-hydroxylation sites is 1. The van der Waals surface area contributed by atoms with Gasteiger partial charge in [0.05, 0.1) is 6.42 Å². The van der Waals surface area contributed by atoms with Crippen molar-refractivity contribution >= 4 is 23.4 Å². The molecule has 0 spiro atoms. The first-order valence-electron chi connectivity index (χ1n) is 6.02. The molecule has 1 fully saturated rings. The van der Waals surface area contributed by atoms with Crippen molar-refractivity contribution in [1.82, 2.24) is 10.6 Å². The maximum absolute atomic E-state index is 11.8. The number of carbonyl (C=O) groups is 3. The van der Waals surface area contributed by atoms with Crippen molar-refractivity contribution < 1.29 is 14.4 Å². The number of nitrogen functional groups attached to an aromatic ring is 1. The number of hydrogen-bond acceptors (Lipinski definition) is 4. The molecule has 1 heterocycles. The van der Waals surface area contributed by atoms with Crippen LogP contribution in [0.4, 0.5) is 5.69 Å². The molecule has 1 aromatic carbocycles.